The molecule has 2 aromatic rings. The molecule has 156 valence electrons. The van der Waals surface area contributed by atoms with E-state index in [0.717, 1.165) is 23.6 Å². The van der Waals surface area contributed by atoms with Gasteiger partial charge in [-0.1, -0.05) is 30.3 Å². The van der Waals surface area contributed by atoms with E-state index < -0.39 is 10.2 Å². The van der Waals surface area contributed by atoms with Gasteiger partial charge in [0.1, 0.15) is 0 Å². The Morgan fingerprint density at radius 3 is 2.41 bits per heavy atom. The van der Waals surface area contributed by atoms with Crippen molar-refractivity contribution in [2.24, 2.45) is 8.80 Å². The van der Waals surface area contributed by atoms with Crippen LogP contribution in [0.15, 0.2) is 51.3 Å². The van der Waals surface area contributed by atoms with Gasteiger partial charge in [-0.15, -0.1) is 20.1 Å². The van der Waals surface area contributed by atoms with Crippen LogP contribution in [0.4, 0.5) is 0 Å². The molecule has 0 saturated heterocycles. The summed E-state index contributed by atoms with van der Waals surface area (Å²) < 4.78 is 30.9. The minimum atomic E-state index is -3.80. The standard InChI is InChI=1S/C19H25N5O2S3/c1-24(2)13-16-8-9-17(28-16)14-27-11-10-20-18-19(23-29(25,26)22-18)21-12-15-6-4-3-5-7-15/h3-9H,10-14H2,1-2H3,(H,20,22)(H,21,23). The minimum Gasteiger partial charge on any atom is -0.365 e. The van der Waals surface area contributed by atoms with Gasteiger partial charge in [0.15, 0.2) is 11.7 Å². The van der Waals surface area contributed by atoms with Gasteiger partial charge in [0.2, 0.25) is 0 Å². The fraction of sp³-hybridized carbons (Fsp3) is 0.368. The second-order valence-corrected chi connectivity index (χ2v) is 10.4. The molecule has 0 amide bonds. The number of nitrogens with one attached hydrogen (secondary N) is 2. The number of amidine groups is 2. The maximum atomic E-state index is 11.8. The number of hydrogen-bond acceptors (Lipinski definition) is 7. The second kappa shape index (κ2) is 10.2. The zero-order chi connectivity index (χ0) is 20.7. The van der Waals surface area contributed by atoms with E-state index >= 15 is 0 Å². The van der Waals surface area contributed by atoms with E-state index in [1.807, 2.05) is 41.7 Å². The van der Waals surface area contributed by atoms with Crippen molar-refractivity contribution in [3.63, 3.8) is 0 Å². The zero-order valence-electron chi connectivity index (χ0n) is 16.5. The van der Waals surface area contributed by atoms with Crippen LogP contribution >= 0.6 is 23.1 Å². The van der Waals surface area contributed by atoms with E-state index in [1.165, 1.54) is 9.75 Å². The van der Waals surface area contributed by atoms with E-state index in [-0.39, 0.29) is 11.7 Å². The molecule has 0 unspecified atom stereocenters. The second-order valence-electron chi connectivity index (χ2n) is 6.75. The van der Waals surface area contributed by atoms with Gasteiger partial charge in [0, 0.05) is 40.9 Å². The zero-order valence-corrected chi connectivity index (χ0v) is 18.9. The van der Waals surface area contributed by atoms with Gasteiger partial charge in [0.25, 0.3) is 0 Å². The number of hydrogen-bond donors (Lipinski definition) is 2. The third-order valence-electron chi connectivity index (χ3n) is 3.91. The van der Waals surface area contributed by atoms with Gasteiger partial charge in [-0.3, -0.25) is 0 Å². The number of nitrogens with zero attached hydrogens (tertiary/aromatic N) is 3. The average molecular weight is 452 g/mol. The van der Waals surface area contributed by atoms with E-state index in [1.54, 1.807) is 11.8 Å². The number of thiophene rings is 1. The smallest absolute Gasteiger partial charge is 0.365 e. The SMILES string of the molecule is CN(C)Cc1ccc(CSCCNC2=NS(=O)(=O)N=C2NCc2ccccc2)s1. The van der Waals surface area contributed by atoms with Crippen LogP contribution in [0.3, 0.4) is 0 Å². The van der Waals surface area contributed by atoms with E-state index in [0.29, 0.717) is 13.1 Å². The molecule has 10 heteroatoms. The highest BCUT2D eigenvalue weighted by molar-refractivity contribution is 7.98. The molecule has 2 heterocycles. The molecule has 0 radical (unpaired) electrons. The Labute approximate surface area is 180 Å². The van der Waals surface area contributed by atoms with Gasteiger partial charge in [-0.05, 0) is 31.8 Å². The third kappa shape index (κ3) is 7.14. The maximum Gasteiger partial charge on any atom is 0.367 e. The van der Waals surface area contributed by atoms with Gasteiger partial charge in [0.05, 0.1) is 0 Å². The van der Waals surface area contributed by atoms with E-state index in [4.69, 9.17) is 0 Å². The summed E-state index contributed by atoms with van der Waals surface area (Å²) in [6, 6.07) is 14.1. The highest BCUT2D eigenvalue weighted by Gasteiger charge is 2.23. The molecule has 7 nitrogen and oxygen atoms in total. The fourth-order valence-corrected chi connectivity index (χ4v) is 5.57. The summed E-state index contributed by atoms with van der Waals surface area (Å²) >= 11 is 3.64. The molecule has 0 saturated carbocycles. The Hall–Kier alpha value is -1.88. The normalized spacial score (nSPS) is 15.3. The summed E-state index contributed by atoms with van der Waals surface area (Å²) in [6.45, 7) is 2.06. The van der Waals surface area contributed by atoms with Gasteiger partial charge >= 0.3 is 10.2 Å². The van der Waals surface area contributed by atoms with Crippen molar-refractivity contribution >= 4 is 45.0 Å². The van der Waals surface area contributed by atoms with Crippen molar-refractivity contribution in [3.8, 4) is 0 Å². The summed E-state index contributed by atoms with van der Waals surface area (Å²) in [4.78, 5) is 4.87. The van der Waals surface area contributed by atoms with Crippen LogP contribution < -0.4 is 10.6 Å². The molecule has 0 atom stereocenters. The third-order valence-corrected chi connectivity index (χ3v) is 7.00. The lowest BCUT2D eigenvalue weighted by molar-refractivity contribution is 0.406. The van der Waals surface area contributed by atoms with Gasteiger partial charge in [-0.2, -0.15) is 20.2 Å². The Balaban J connectivity index is 1.43. The number of benzene rings is 1. The fourth-order valence-electron chi connectivity index (χ4n) is 2.66. The molecule has 3 rings (SSSR count). The molecule has 1 aromatic carbocycles. The number of thioether (sulfide) groups is 1. The van der Waals surface area contributed by atoms with Crippen LogP contribution in [-0.2, 0) is 29.1 Å². The first-order valence-electron chi connectivity index (χ1n) is 9.18. The monoisotopic (exact) mass is 451 g/mol. The van der Waals surface area contributed by atoms with Crippen LogP contribution in [0, 0.1) is 0 Å². The van der Waals surface area contributed by atoms with Crippen molar-refractivity contribution in [1.82, 2.24) is 15.5 Å². The molecule has 0 bridgehead atoms. The van der Waals surface area contributed by atoms with Crippen LogP contribution in [0.2, 0.25) is 0 Å². The molecule has 2 N–H and O–H groups in total. The van der Waals surface area contributed by atoms with Crippen LogP contribution in [0.25, 0.3) is 0 Å². The predicted octanol–water partition coefficient (Wildman–Crippen LogP) is 2.48. The molecular weight excluding hydrogens is 426 g/mol. The largest absolute Gasteiger partial charge is 0.367 e. The molecular formula is C19H25N5O2S3. The highest BCUT2D eigenvalue weighted by atomic mass is 32.2. The Morgan fingerprint density at radius 2 is 1.69 bits per heavy atom. The van der Waals surface area contributed by atoms with Crippen molar-refractivity contribution in [2.45, 2.75) is 18.8 Å². The van der Waals surface area contributed by atoms with Crippen LogP contribution in [0.1, 0.15) is 15.3 Å². The highest BCUT2D eigenvalue weighted by Crippen LogP contribution is 2.22. The van der Waals surface area contributed by atoms with Crippen LogP contribution in [0.5, 0.6) is 0 Å². The van der Waals surface area contributed by atoms with E-state index in [2.05, 4.69) is 50.6 Å². The summed E-state index contributed by atoms with van der Waals surface area (Å²) in [6.07, 6.45) is 0. The molecule has 1 aliphatic heterocycles. The molecule has 0 fully saturated rings. The first kappa shape index (κ1) is 21.8. The minimum absolute atomic E-state index is 0.269. The lowest BCUT2D eigenvalue weighted by Gasteiger charge is -2.09. The topological polar surface area (TPSA) is 86.2 Å². The average Bonchev–Trinajstić information content (AvgIpc) is 3.23. The summed E-state index contributed by atoms with van der Waals surface area (Å²) in [5, 5.41) is 6.15. The first-order chi connectivity index (χ1) is 13.9. The summed E-state index contributed by atoms with van der Waals surface area (Å²) in [5.74, 6) is 2.33. The number of rotatable bonds is 9. The summed E-state index contributed by atoms with van der Waals surface area (Å²) in [5.41, 5.74) is 1.04. The Bertz CT molecular complexity index is 969. The van der Waals surface area contributed by atoms with E-state index in [9.17, 15) is 8.42 Å². The van der Waals surface area contributed by atoms with Crippen molar-refractivity contribution in [1.29, 1.82) is 0 Å². The molecule has 0 spiro atoms. The Kier molecular flexibility index (Phi) is 7.70. The Morgan fingerprint density at radius 1 is 1.00 bits per heavy atom. The van der Waals surface area contributed by atoms with Gasteiger partial charge in [-0.25, -0.2) is 0 Å². The van der Waals surface area contributed by atoms with Crippen molar-refractivity contribution < 1.29 is 8.42 Å². The maximum absolute atomic E-state index is 11.8. The molecule has 1 aliphatic rings. The van der Waals surface area contributed by atoms with Gasteiger partial charge < -0.3 is 15.5 Å². The predicted molar refractivity (Wildman–Crippen MR) is 123 cm³/mol. The van der Waals surface area contributed by atoms with Crippen molar-refractivity contribution in [2.75, 3.05) is 26.4 Å². The summed E-state index contributed by atoms with van der Waals surface area (Å²) in [7, 11) is 0.335. The first-order valence-corrected chi connectivity index (χ1v) is 12.5. The molecule has 1 aromatic heterocycles. The molecule has 0 aliphatic carbocycles. The van der Waals surface area contributed by atoms with Crippen LogP contribution in [-0.4, -0.2) is 51.4 Å². The van der Waals surface area contributed by atoms with Crippen molar-refractivity contribution in [3.05, 3.63) is 57.8 Å². The lowest BCUT2D eigenvalue weighted by atomic mass is 10.2. The quantitative estimate of drug-likeness (QED) is 0.570. The lowest BCUT2D eigenvalue weighted by Crippen LogP contribution is -2.39. The molecule has 29 heavy (non-hydrogen) atoms.